The molecule has 0 radical (unpaired) electrons. The number of hydrogen-bond donors (Lipinski definition) is 1. The van der Waals surface area contributed by atoms with Gasteiger partial charge in [-0.05, 0) is 57.9 Å². The molecule has 0 saturated carbocycles. The first-order valence-electron chi connectivity index (χ1n) is 8.63. The summed E-state index contributed by atoms with van der Waals surface area (Å²) in [6.45, 7) is 10.6. The standard InChI is InChI=1S/C19H31NO3/c1-6-8-13-19(5,22-14-7-2)18(21)20-16-9-11-17(12-10-16)23-15(3)4/h9-12,15H,6-8,13-14H2,1-5H3,(H,20,21)/t19-/m1/s1. The van der Waals surface area contributed by atoms with Gasteiger partial charge in [0, 0.05) is 12.3 Å². The molecule has 0 aromatic heterocycles. The molecule has 0 aliphatic heterocycles. The first-order chi connectivity index (χ1) is 10.9. The Balaban J connectivity index is 2.73. The number of benzene rings is 1. The van der Waals surface area contributed by atoms with Gasteiger partial charge in [0.15, 0.2) is 0 Å². The number of anilines is 1. The maximum Gasteiger partial charge on any atom is 0.256 e. The van der Waals surface area contributed by atoms with Crippen LogP contribution in [0.5, 0.6) is 5.75 Å². The zero-order valence-corrected chi connectivity index (χ0v) is 15.1. The number of nitrogens with one attached hydrogen (secondary N) is 1. The maximum absolute atomic E-state index is 12.6. The molecule has 1 aromatic carbocycles. The van der Waals surface area contributed by atoms with E-state index in [1.54, 1.807) is 0 Å². The number of hydrogen-bond acceptors (Lipinski definition) is 3. The maximum atomic E-state index is 12.6. The van der Waals surface area contributed by atoms with Crippen LogP contribution in [0.2, 0.25) is 0 Å². The molecule has 0 heterocycles. The molecule has 0 spiro atoms. The molecule has 0 aliphatic carbocycles. The van der Waals surface area contributed by atoms with Crippen LogP contribution in [0.3, 0.4) is 0 Å². The highest BCUT2D eigenvalue weighted by Crippen LogP contribution is 2.23. The average molecular weight is 321 g/mol. The number of carbonyl (C=O) groups excluding carboxylic acids is 1. The second-order valence-electron chi connectivity index (χ2n) is 6.33. The lowest BCUT2D eigenvalue weighted by Gasteiger charge is -2.28. The van der Waals surface area contributed by atoms with E-state index in [2.05, 4.69) is 12.2 Å². The van der Waals surface area contributed by atoms with Crippen LogP contribution in [-0.4, -0.2) is 24.2 Å². The molecule has 1 rings (SSSR count). The predicted octanol–water partition coefficient (Wildman–Crippen LogP) is 4.79. The summed E-state index contributed by atoms with van der Waals surface area (Å²) < 4.78 is 11.5. The minimum absolute atomic E-state index is 0.0862. The van der Waals surface area contributed by atoms with Crippen LogP contribution in [0.15, 0.2) is 24.3 Å². The summed E-state index contributed by atoms with van der Waals surface area (Å²) in [7, 11) is 0. The summed E-state index contributed by atoms with van der Waals surface area (Å²) in [4.78, 5) is 12.6. The Morgan fingerprint density at radius 2 is 1.83 bits per heavy atom. The number of ether oxygens (including phenoxy) is 2. The Hall–Kier alpha value is -1.55. The monoisotopic (exact) mass is 321 g/mol. The van der Waals surface area contributed by atoms with E-state index in [1.165, 1.54) is 0 Å². The molecule has 0 bridgehead atoms. The quantitative estimate of drug-likeness (QED) is 0.674. The molecular formula is C19H31NO3. The van der Waals surface area contributed by atoms with Crippen molar-refractivity contribution in [2.75, 3.05) is 11.9 Å². The molecule has 0 saturated heterocycles. The third kappa shape index (κ3) is 6.61. The van der Waals surface area contributed by atoms with Gasteiger partial charge < -0.3 is 14.8 Å². The minimum Gasteiger partial charge on any atom is -0.491 e. The third-order valence-electron chi connectivity index (χ3n) is 3.60. The predicted molar refractivity (Wildman–Crippen MR) is 95.0 cm³/mol. The summed E-state index contributed by atoms with van der Waals surface area (Å²) in [5, 5.41) is 2.96. The lowest BCUT2D eigenvalue weighted by Crippen LogP contribution is -2.43. The van der Waals surface area contributed by atoms with Gasteiger partial charge in [-0.3, -0.25) is 4.79 Å². The van der Waals surface area contributed by atoms with E-state index < -0.39 is 5.60 Å². The topological polar surface area (TPSA) is 47.6 Å². The van der Waals surface area contributed by atoms with Crippen LogP contribution >= 0.6 is 0 Å². The number of carbonyl (C=O) groups is 1. The van der Waals surface area contributed by atoms with E-state index in [9.17, 15) is 4.79 Å². The van der Waals surface area contributed by atoms with Crippen molar-refractivity contribution < 1.29 is 14.3 Å². The van der Waals surface area contributed by atoms with Gasteiger partial charge in [0.05, 0.1) is 6.10 Å². The van der Waals surface area contributed by atoms with E-state index in [0.717, 1.165) is 37.1 Å². The number of unbranched alkanes of at least 4 members (excludes halogenated alkanes) is 1. The fourth-order valence-electron chi connectivity index (χ4n) is 2.24. The molecule has 1 amide bonds. The molecule has 23 heavy (non-hydrogen) atoms. The molecular weight excluding hydrogens is 290 g/mol. The van der Waals surface area contributed by atoms with Crippen molar-refractivity contribution in [3.05, 3.63) is 24.3 Å². The van der Waals surface area contributed by atoms with Crippen molar-refractivity contribution in [3.8, 4) is 5.75 Å². The summed E-state index contributed by atoms with van der Waals surface area (Å²) >= 11 is 0. The van der Waals surface area contributed by atoms with Crippen LogP contribution in [-0.2, 0) is 9.53 Å². The molecule has 4 nitrogen and oxygen atoms in total. The second kappa shape index (κ2) is 9.56. The molecule has 0 unspecified atom stereocenters. The van der Waals surface area contributed by atoms with Crippen molar-refractivity contribution in [3.63, 3.8) is 0 Å². The van der Waals surface area contributed by atoms with Gasteiger partial charge in [-0.15, -0.1) is 0 Å². The fraction of sp³-hybridized carbons (Fsp3) is 0.632. The van der Waals surface area contributed by atoms with E-state index in [0.29, 0.717) is 6.61 Å². The third-order valence-corrected chi connectivity index (χ3v) is 3.60. The molecule has 4 heteroatoms. The van der Waals surface area contributed by atoms with Crippen molar-refractivity contribution in [2.45, 2.75) is 72.0 Å². The summed E-state index contributed by atoms with van der Waals surface area (Å²) in [6.07, 6.45) is 3.77. The molecule has 130 valence electrons. The Bertz CT molecular complexity index is 460. The first kappa shape index (κ1) is 19.5. The van der Waals surface area contributed by atoms with Crippen LogP contribution in [0.4, 0.5) is 5.69 Å². The Kier molecular flexibility index (Phi) is 8.10. The first-order valence-corrected chi connectivity index (χ1v) is 8.63. The SMILES string of the molecule is CCCC[C@@](C)(OCCC)C(=O)Nc1ccc(OC(C)C)cc1. The highest BCUT2D eigenvalue weighted by atomic mass is 16.5. The van der Waals surface area contributed by atoms with E-state index in [4.69, 9.17) is 9.47 Å². The van der Waals surface area contributed by atoms with Gasteiger partial charge in [-0.1, -0.05) is 26.7 Å². The van der Waals surface area contributed by atoms with Gasteiger partial charge in [-0.25, -0.2) is 0 Å². The lowest BCUT2D eigenvalue weighted by atomic mass is 9.97. The molecule has 0 aliphatic rings. The highest BCUT2D eigenvalue weighted by molar-refractivity contribution is 5.97. The normalized spacial score (nSPS) is 13.7. The Labute approximate surface area is 140 Å². The Morgan fingerprint density at radius 3 is 2.35 bits per heavy atom. The van der Waals surface area contributed by atoms with Crippen LogP contribution in [0.1, 0.15) is 60.3 Å². The van der Waals surface area contributed by atoms with Crippen molar-refractivity contribution in [2.24, 2.45) is 0 Å². The van der Waals surface area contributed by atoms with Gasteiger partial charge in [0.1, 0.15) is 11.4 Å². The van der Waals surface area contributed by atoms with Gasteiger partial charge in [0.2, 0.25) is 0 Å². The van der Waals surface area contributed by atoms with Gasteiger partial charge in [0.25, 0.3) is 5.91 Å². The van der Waals surface area contributed by atoms with E-state index in [-0.39, 0.29) is 12.0 Å². The van der Waals surface area contributed by atoms with Gasteiger partial charge in [-0.2, -0.15) is 0 Å². The molecule has 1 N–H and O–H groups in total. The van der Waals surface area contributed by atoms with Crippen molar-refractivity contribution >= 4 is 11.6 Å². The molecule has 1 atom stereocenters. The fourth-order valence-corrected chi connectivity index (χ4v) is 2.24. The van der Waals surface area contributed by atoms with Crippen molar-refractivity contribution in [1.82, 2.24) is 0 Å². The summed E-state index contributed by atoms with van der Waals surface area (Å²) in [5.74, 6) is 0.714. The number of amides is 1. The van der Waals surface area contributed by atoms with Crippen LogP contribution in [0, 0.1) is 0 Å². The minimum atomic E-state index is -0.779. The van der Waals surface area contributed by atoms with Crippen molar-refractivity contribution in [1.29, 1.82) is 0 Å². The lowest BCUT2D eigenvalue weighted by molar-refractivity contribution is -0.140. The van der Waals surface area contributed by atoms with Crippen LogP contribution < -0.4 is 10.1 Å². The highest BCUT2D eigenvalue weighted by Gasteiger charge is 2.33. The summed E-state index contributed by atoms with van der Waals surface area (Å²) in [5.41, 5.74) is -0.0204. The van der Waals surface area contributed by atoms with E-state index >= 15 is 0 Å². The number of rotatable bonds is 10. The smallest absolute Gasteiger partial charge is 0.256 e. The summed E-state index contributed by atoms with van der Waals surface area (Å²) in [6, 6.07) is 7.45. The van der Waals surface area contributed by atoms with Crippen LogP contribution in [0.25, 0.3) is 0 Å². The van der Waals surface area contributed by atoms with E-state index in [1.807, 2.05) is 52.0 Å². The molecule has 1 aromatic rings. The largest absolute Gasteiger partial charge is 0.491 e. The molecule has 0 fully saturated rings. The van der Waals surface area contributed by atoms with Gasteiger partial charge >= 0.3 is 0 Å². The Morgan fingerprint density at radius 1 is 1.17 bits per heavy atom. The average Bonchev–Trinajstić information content (AvgIpc) is 2.52. The zero-order chi connectivity index (χ0) is 17.3. The zero-order valence-electron chi connectivity index (χ0n) is 15.1. The second-order valence-corrected chi connectivity index (χ2v) is 6.33.